The van der Waals surface area contributed by atoms with E-state index in [-0.39, 0.29) is 31.3 Å². The Kier molecular flexibility index (Phi) is 9.53. The number of benzene rings is 2. The third-order valence-electron chi connectivity index (χ3n) is 7.03. The van der Waals surface area contributed by atoms with Crippen LogP contribution >= 0.6 is 0 Å². The van der Waals surface area contributed by atoms with E-state index in [1.54, 1.807) is 0 Å². The predicted octanol–water partition coefficient (Wildman–Crippen LogP) is 4.87. The quantitative estimate of drug-likeness (QED) is 0.484. The number of piperidine rings is 1. The van der Waals surface area contributed by atoms with Crippen molar-refractivity contribution in [3.63, 3.8) is 0 Å². The first-order valence-electron chi connectivity index (χ1n) is 12.9. The maximum Gasteiger partial charge on any atom is 0.407 e. The topological polar surface area (TPSA) is 80.3 Å². The van der Waals surface area contributed by atoms with Gasteiger partial charge in [-0.1, -0.05) is 74.5 Å². The lowest BCUT2D eigenvalue weighted by Crippen LogP contribution is -2.45. The molecule has 2 N–H and O–H groups in total. The van der Waals surface area contributed by atoms with Gasteiger partial charge in [-0.25, -0.2) is 4.79 Å². The second-order valence-corrected chi connectivity index (χ2v) is 9.67. The highest BCUT2D eigenvalue weighted by molar-refractivity contribution is 5.67. The van der Waals surface area contributed by atoms with Gasteiger partial charge in [-0.15, -0.1) is 0 Å². The van der Waals surface area contributed by atoms with Crippen molar-refractivity contribution in [2.75, 3.05) is 26.2 Å². The Morgan fingerprint density at radius 2 is 1.72 bits per heavy atom. The SMILES string of the molecule is C=CCOC(=O)NCc1ccc([C@H]2O[C@@H](CN3CCCCC3)[C@@H](C)[C@@H](c3ccc(CO)cc3)O2)cc1. The molecular formula is C29H38N2O5. The number of aliphatic hydroxyl groups excluding tert-OH is 1. The van der Waals surface area contributed by atoms with Gasteiger partial charge in [-0.2, -0.15) is 0 Å². The normalized spacial score (nSPS) is 24.7. The van der Waals surface area contributed by atoms with Crippen molar-refractivity contribution in [3.05, 3.63) is 83.4 Å². The maximum absolute atomic E-state index is 11.7. The largest absolute Gasteiger partial charge is 0.445 e. The van der Waals surface area contributed by atoms with Crippen LogP contribution in [0.4, 0.5) is 4.79 Å². The number of carbonyl (C=O) groups excluding carboxylic acids is 1. The number of ether oxygens (including phenoxy) is 3. The monoisotopic (exact) mass is 494 g/mol. The lowest BCUT2D eigenvalue weighted by Gasteiger charge is -2.43. The number of rotatable bonds is 9. The molecule has 7 heteroatoms. The molecule has 194 valence electrons. The van der Waals surface area contributed by atoms with E-state index in [0.717, 1.165) is 41.9 Å². The number of hydrogen-bond acceptors (Lipinski definition) is 6. The summed E-state index contributed by atoms with van der Waals surface area (Å²) < 4.78 is 18.1. The number of carbonyl (C=O) groups is 1. The third-order valence-corrected chi connectivity index (χ3v) is 7.03. The van der Waals surface area contributed by atoms with E-state index in [2.05, 4.69) is 23.7 Å². The number of nitrogens with one attached hydrogen (secondary N) is 1. The van der Waals surface area contributed by atoms with Gasteiger partial charge in [0.15, 0.2) is 6.29 Å². The second kappa shape index (κ2) is 13.0. The van der Waals surface area contributed by atoms with Crippen LogP contribution in [0.15, 0.2) is 61.2 Å². The highest BCUT2D eigenvalue weighted by atomic mass is 16.7. The fraction of sp³-hybridized carbons (Fsp3) is 0.483. The second-order valence-electron chi connectivity index (χ2n) is 9.67. The molecule has 36 heavy (non-hydrogen) atoms. The van der Waals surface area contributed by atoms with Gasteiger partial charge in [0.2, 0.25) is 0 Å². The van der Waals surface area contributed by atoms with Gasteiger partial charge in [-0.05, 0) is 42.6 Å². The molecule has 0 unspecified atom stereocenters. The number of aliphatic hydroxyl groups is 1. The standard InChI is InChI=1S/C29H38N2O5/c1-3-17-34-29(33)30-18-22-7-13-25(14-8-22)28-35-26(19-31-15-5-4-6-16-31)21(2)27(36-28)24-11-9-23(20-32)10-12-24/h3,7-14,21,26-28,32H,1,4-6,15-20H2,2H3,(H,30,33)/t21-,26+,27+,28+/m1/s1. The van der Waals surface area contributed by atoms with Crippen LogP contribution in [0.5, 0.6) is 0 Å². The van der Waals surface area contributed by atoms with E-state index in [9.17, 15) is 9.90 Å². The molecule has 2 aromatic rings. The molecule has 2 aliphatic rings. The van der Waals surface area contributed by atoms with Gasteiger partial charge >= 0.3 is 6.09 Å². The molecule has 0 radical (unpaired) electrons. The first-order chi connectivity index (χ1) is 17.6. The van der Waals surface area contributed by atoms with Gasteiger partial charge in [0.1, 0.15) is 6.61 Å². The molecule has 2 saturated heterocycles. The summed E-state index contributed by atoms with van der Waals surface area (Å²) in [5.41, 5.74) is 3.88. The molecule has 0 aliphatic carbocycles. The summed E-state index contributed by atoms with van der Waals surface area (Å²) in [6.45, 7) is 9.44. The summed E-state index contributed by atoms with van der Waals surface area (Å²) in [4.78, 5) is 14.2. The fourth-order valence-corrected chi connectivity index (χ4v) is 4.88. The van der Waals surface area contributed by atoms with Crippen LogP contribution in [0.1, 0.15) is 60.8 Å². The van der Waals surface area contributed by atoms with Crippen molar-refractivity contribution < 1.29 is 24.1 Å². The first kappa shape index (κ1) is 26.4. The number of amides is 1. The number of nitrogens with zero attached hydrogens (tertiary/aromatic N) is 1. The van der Waals surface area contributed by atoms with Crippen LogP contribution in [0, 0.1) is 5.92 Å². The van der Waals surface area contributed by atoms with Crippen LogP contribution in [0.2, 0.25) is 0 Å². The Labute approximate surface area is 214 Å². The molecule has 7 nitrogen and oxygen atoms in total. The summed E-state index contributed by atoms with van der Waals surface area (Å²) in [7, 11) is 0. The van der Waals surface area contributed by atoms with Gasteiger partial charge in [0.25, 0.3) is 0 Å². The van der Waals surface area contributed by atoms with Crippen molar-refractivity contribution in [1.82, 2.24) is 10.2 Å². The molecule has 4 atom stereocenters. The molecule has 0 aromatic heterocycles. The zero-order valence-corrected chi connectivity index (χ0v) is 21.1. The molecule has 0 bridgehead atoms. The smallest absolute Gasteiger partial charge is 0.407 e. The van der Waals surface area contributed by atoms with Crippen LogP contribution in [-0.4, -0.2) is 48.4 Å². The fourth-order valence-electron chi connectivity index (χ4n) is 4.88. The van der Waals surface area contributed by atoms with Gasteiger partial charge in [-0.3, -0.25) is 0 Å². The van der Waals surface area contributed by atoms with Crippen molar-refractivity contribution >= 4 is 6.09 Å². The van der Waals surface area contributed by atoms with Crippen molar-refractivity contribution in [1.29, 1.82) is 0 Å². The average molecular weight is 495 g/mol. The summed E-state index contributed by atoms with van der Waals surface area (Å²) in [5.74, 6) is 0.174. The minimum absolute atomic E-state index is 0.0257. The highest BCUT2D eigenvalue weighted by Gasteiger charge is 2.39. The maximum atomic E-state index is 11.7. The van der Waals surface area contributed by atoms with Crippen LogP contribution in [0.25, 0.3) is 0 Å². The molecule has 0 spiro atoms. The minimum Gasteiger partial charge on any atom is -0.445 e. The Morgan fingerprint density at radius 3 is 2.39 bits per heavy atom. The van der Waals surface area contributed by atoms with Crippen molar-refractivity contribution in [3.8, 4) is 0 Å². The predicted molar refractivity (Wildman–Crippen MR) is 138 cm³/mol. The molecule has 1 amide bonds. The van der Waals surface area contributed by atoms with E-state index < -0.39 is 12.4 Å². The highest BCUT2D eigenvalue weighted by Crippen LogP contribution is 2.42. The van der Waals surface area contributed by atoms with E-state index in [0.29, 0.717) is 6.54 Å². The van der Waals surface area contributed by atoms with E-state index in [4.69, 9.17) is 14.2 Å². The molecule has 0 saturated carbocycles. The molecule has 4 rings (SSSR count). The van der Waals surface area contributed by atoms with E-state index in [1.807, 2.05) is 48.5 Å². The van der Waals surface area contributed by atoms with Gasteiger partial charge < -0.3 is 29.5 Å². The van der Waals surface area contributed by atoms with Crippen LogP contribution in [0.3, 0.4) is 0 Å². The molecular weight excluding hydrogens is 456 g/mol. The van der Waals surface area contributed by atoms with Crippen LogP contribution < -0.4 is 5.32 Å². The van der Waals surface area contributed by atoms with Gasteiger partial charge in [0, 0.05) is 24.6 Å². The third kappa shape index (κ3) is 6.95. The zero-order chi connectivity index (χ0) is 25.3. The summed E-state index contributed by atoms with van der Waals surface area (Å²) in [6.07, 6.45) is 4.27. The lowest BCUT2D eigenvalue weighted by atomic mass is 9.89. The average Bonchev–Trinajstić information content (AvgIpc) is 2.93. The molecule has 2 fully saturated rings. The van der Waals surface area contributed by atoms with Gasteiger partial charge in [0.05, 0.1) is 18.8 Å². The first-order valence-corrected chi connectivity index (χ1v) is 12.9. The minimum atomic E-state index is -0.488. The summed E-state index contributed by atoms with van der Waals surface area (Å²) in [5, 5.41) is 12.2. The molecule has 2 aliphatic heterocycles. The number of likely N-dealkylation sites (tertiary alicyclic amines) is 1. The number of hydrogen-bond donors (Lipinski definition) is 2. The van der Waals surface area contributed by atoms with Crippen molar-refractivity contribution in [2.24, 2.45) is 5.92 Å². The Balaban J connectivity index is 1.48. The van der Waals surface area contributed by atoms with E-state index >= 15 is 0 Å². The Bertz CT molecular complexity index is 972. The molecule has 2 heterocycles. The lowest BCUT2D eigenvalue weighted by molar-refractivity contribution is -0.276. The summed E-state index contributed by atoms with van der Waals surface area (Å²) >= 11 is 0. The number of alkyl carbamates (subject to hydrolysis) is 1. The Morgan fingerprint density at radius 1 is 1.06 bits per heavy atom. The zero-order valence-electron chi connectivity index (χ0n) is 21.1. The molecule has 2 aromatic carbocycles. The van der Waals surface area contributed by atoms with E-state index in [1.165, 1.54) is 25.3 Å². The van der Waals surface area contributed by atoms with Crippen LogP contribution in [-0.2, 0) is 27.4 Å². The van der Waals surface area contributed by atoms with Crippen molar-refractivity contribution in [2.45, 2.75) is 57.8 Å². The Hall–Kier alpha value is -2.71. The summed E-state index contributed by atoms with van der Waals surface area (Å²) in [6, 6.07) is 15.9.